The molecule has 9 nitrogen and oxygen atoms in total. The van der Waals surface area contributed by atoms with Crippen LogP contribution in [-0.2, 0) is 0 Å². The van der Waals surface area contributed by atoms with Gasteiger partial charge in [-0.2, -0.15) is 9.37 Å². The lowest BCUT2D eigenvalue weighted by Gasteiger charge is -2.36. The van der Waals surface area contributed by atoms with Crippen molar-refractivity contribution in [2.75, 3.05) is 47.0 Å². The van der Waals surface area contributed by atoms with Crippen molar-refractivity contribution in [1.29, 1.82) is 0 Å². The highest BCUT2D eigenvalue weighted by atomic mass is 32.1. The van der Waals surface area contributed by atoms with E-state index < -0.39 is 0 Å². The van der Waals surface area contributed by atoms with Gasteiger partial charge in [0.25, 0.3) is 0 Å². The molecule has 42 heavy (non-hydrogen) atoms. The van der Waals surface area contributed by atoms with Crippen molar-refractivity contribution in [2.24, 2.45) is 4.99 Å². The number of anilines is 5. The van der Waals surface area contributed by atoms with Crippen LogP contribution in [0.15, 0.2) is 89.9 Å². The summed E-state index contributed by atoms with van der Waals surface area (Å²) in [7, 11) is 0. The fourth-order valence-corrected chi connectivity index (χ4v) is 5.86. The molecule has 0 amide bonds. The molecule has 1 fully saturated rings. The number of aliphatic imine (C=N–C) groups is 1. The fraction of sp³-hybridized carbons (Fsp3) is 0.194. The topological polar surface area (TPSA) is 93.6 Å². The lowest BCUT2D eigenvalue weighted by Crippen LogP contribution is -2.51. The van der Waals surface area contributed by atoms with Gasteiger partial charge in [0.1, 0.15) is 5.82 Å². The van der Waals surface area contributed by atoms with Gasteiger partial charge in [-0.05, 0) is 92.2 Å². The Morgan fingerprint density at radius 3 is 2.17 bits per heavy atom. The van der Waals surface area contributed by atoms with E-state index >= 15 is 0 Å². The molecule has 3 aromatic carbocycles. The monoisotopic (exact) mass is 593 g/mol. The van der Waals surface area contributed by atoms with Crippen LogP contribution in [0, 0.1) is 13.8 Å². The number of aryl methyl sites for hydroxylation is 2. The Bertz CT molecular complexity index is 1690. The Labute approximate surface area is 254 Å². The summed E-state index contributed by atoms with van der Waals surface area (Å²) < 4.78 is 5.95. The summed E-state index contributed by atoms with van der Waals surface area (Å²) in [5.41, 5.74) is 4.64. The third-order valence-corrected chi connectivity index (χ3v) is 7.86. The van der Waals surface area contributed by atoms with E-state index in [1.165, 1.54) is 10.1 Å². The van der Waals surface area contributed by atoms with Gasteiger partial charge in [-0.25, -0.2) is 9.97 Å². The average Bonchev–Trinajstić information content (AvgIpc) is 3.42. The molecule has 1 aliphatic heterocycles. The standard InChI is InChI=1S/C31H31N9S2/c1-21-20-22(2)33-29(32-21)36-30(40-18-16-39(17-19-40)28-26-10-6-7-11-27(26)42-38-28)37-31(41)35-25-14-12-24(13-15-25)34-23-8-4-3-5-9-23/h3-15,20,34H,16-19H2,1-2H3,(H2,32,33,35,36,37,41). The number of guanidine groups is 1. The molecule has 0 spiro atoms. The van der Waals surface area contributed by atoms with Gasteiger partial charge in [0, 0.05) is 60.0 Å². The van der Waals surface area contributed by atoms with E-state index in [0.29, 0.717) is 17.0 Å². The smallest absolute Gasteiger partial charge is 0.229 e. The van der Waals surface area contributed by atoms with Gasteiger partial charge >= 0.3 is 0 Å². The van der Waals surface area contributed by atoms with Crippen LogP contribution in [-0.4, -0.2) is 56.5 Å². The minimum atomic E-state index is 0.346. The van der Waals surface area contributed by atoms with Crippen molar-refractivity contribution in [3.63, 3.8) is 0 Å². The number of hydrogen-bond donors (Lipinski definition) is 3. The maximum atomic E-state index is 5.69. The number of benzene rings is 3. The van der Waals surface area contributed by atoms with Crippen molar-refractivity contribution >= 4 is 73.7 Å². The molecule has 0 bridgehead atoms. The lowest BCUT2D eigenvalue weighted by molar-refractivity contribution is 0.384. The quantitative estimate of drug-likeness (QED) is 0.121. The van der Waals surface area contributed by atoms with E-state index in [9.17, 15) is 0 Å². The van der Waals surface area contributed by atoms with Crippen LogP contribution in [0.4, 0.5) is 28.8 Å². The molecule has 3 heterocycles. The van der Waals surface area contributed by atoms with Crippen LogP contribution in [0.2, 0.25) is 0 Å². The molecule has 0 aliphatic carbocycles. The largest absolute Gasteiger partial charge is 0.356 e. The van der Waals surface area contributed by atoms with Crippen molar-refractivity contribution in [3.05, 3.63) is 96.3 Å². The van der Waals surface area contributed by atoms with Gasteiger partial charge in [0.15, 0.2) is 0 Å². The normalized spacial score (nSPS) is 13.7. The summed E-state index contributed by atoms with van der Waals surface area (Å²) in [6.07, 6.45) is 0. The summed E-state index contributed by atoms with van der Waals surface area (Å²) in [6.45, 7) is 7.00. The van der Waals surface area contributed by atoms with E-state index in [1.807, 2.05) is 74.5 Å². The zero-order chi connectivity index (χ0) is 28.9. The number of fused-ring (bicyclic) bond motifs is 1. The van der Waals surface area contributed by atoms with Crippen LogP contribution in [0.1, 0.15) is 11.4 Å². The highest BCUT2D eigenvalue weighted by Gasteiger charge is 2.24. The molecule has 1 aliphatic rings. The van der Waals surface area contributed by atoms with E-state index in [1.54, 1.807) is 11.5 Å². The first kappa shape index (κ1) is 27.6. The van der Waals surface area contributed by atoms with E-state index in [2.05, 4.69) is 60.0 Å². The maximum Gasteiger partial charge on any atom is 0.229 e. The van der Waals surface area contributed by atoms with Crippen LogP contribution in [0.25, 0.3) is 10.1 Å². The maximum absolute atomic E-state index is 5.69. The first-order valence-electron chi connectivity index (χ1n) is 13.8. The lowest BCUT2D eigenvalue weighted by atomic mass is 10.2. The van der Waals surface area contributed by atoms with Gasteiger partial charge in [-0.3, -0.25) is 5.32 Å². The minimum Gasteiger partial charge on any atom is -0.356 e. The van der Waals surface area contributed by atoms with Crippen molar-refractivity contribution < 1.29 is 0 Å². The summed E-state index contributed by atoms with van der Waals surface area (Å²) in [5.74, 6) is 2.16. The third-order valence-electron chi connectivity index (χ3n) is 6.85. The number of nitrogens with zero attached hydrogens (tertiary/aromatic N) is 6. The molecule has 0 atom stereocenters. The summed E-state index contributed by atoms with van der Waals surface area (Å²) in [4.78, 5) is 18.5. The molecule has 1 saturated heterocycles. The molecule has 11 heteroatoms. The Hall–Kier alpha value is -4.61. The second kappa shape index (κ2) is 12.5. The molecule has 2 aromatic heterocycles. The van der Waals surface area contributed by atoms with Crippen LogP contribution in [0.5, 0.6) is 0 Å². The number of hydrogen-bond acceptors (Lipinski definition) is 7. The highest BCUT2D eigenvalue weighted by Crippen LogP contribution is 2.30. The first-order chi connectivity index (χ1) is 20.5. The molecular formula is C31H31N9S2. The molecule has 6 rings (SSSR count). The zero-order valence-corrected chi connectivity index (χ0v) is 25.0. The highest BCUT2D eigenvalue weighted by molar-refractivity contribution is 7.80. The SMILES string of the molecule is Cc1cc(C)nc(N/C(=N/C(=S)Nc2ccc(Nc3ccccc3)cc2)N2CCN(c3nsc4ccccc34)CC2)n1. The molecule has 0 unspecified atom stereocenters. The van der Waals surface area contributed by atoms with Crippen LogP contribution in [0.3, 0.4) is 0 Å². The second-order valence-electron chi connectivity index (χ2n) is 10.0. The Morgan fingerprint density at radius 2 is 1.43 bits per heavy atom. The third kappa shape index (κ3) is 6.64. The predicted octanol–water partition coefficient (Wildman–Crippen LogP) is 6.43. The molecule has 5 aromatic rings. The van der Waals surface area contributed by atoms with E-state index in [4.69, 9.17) is 21.6 Å². The molecule has 0 saturated carbocycles. The summed E-state index contributed by atoms with van der Waals surface area (Å²) in [5, 5.41) is 11.5. The number of piperazine rings is 1. The zero-order valence-electron chi connectivity index (χ0n) is 23.4. The molecule has 3 N–H and O–H groups in total. The Kier molecular flexibility index (Phi) is 8.20. The minimum absolute atomic E-state index is 0.346. The van der Waals surface area contributed by atoms with Gasteiger partial charge in [-0.1, -0.05) is 30.3 Å². The van der Waals surface area contributed by atoms with Gasteiger partial charge < -0.3 is 20.4 Å². The number of aromatic nitrogens is 3. The Morgan fingerprint density at radius 1 is 0.786 bits per heavy atom. The van der Waals surface area contributed by atoms with Gasteiger partial charge in [-0.15, -0.1) is 0 Å². The summed E-state index contributed by atoms with van der Waals surface area (Å²) in [6, 6.07) is 28.4. The number of para-hydroxylation sites is 1. The van der Waals surface area contributed by atoms with Crippen molar-refractivity contribution in [2.45, 2.75) is 13.8 Å². The first-order valence-corrected chi connectivity index (χ1v) is 14.9. The Balaban J connectivity index is 1.17. The fourth-order valence-electron chi connectivity index (χ4n) is 4.86. The van der Waals surface area contributed by atoms with Gasteiger partial charge in [0.05, 0.1) is 4.70 Å². The second-order valence-corrected chi connectivity index (χ2v) is 11.2. The molecule has 212 valence electrons. The van der Waals surface area contributed by atoms with Gasteiger partial charge in [0.2, 0.25) is 17.0 Å². The van der Waals surface area contributed by atoms with Crippen LogP contribution < -0.4 is 20.9 Å². The van der Waals surface area contributed by atoms with Crippen molar-refractivity contribution in [1.82, 2.24) is 19.2 Å². The summed E-state index contributed by atoms with van der Waals surface area (Å²) >= 11 is 7.23. The molecule has 0 radical (unpaired) electrons. The molecular weight excluding hydrogens is 563 g/mol. The van der Waals surface area contributed by atoms with Crippen molar-refractivity contribution in [3.8, 4) is 0 Å². The average molecular weight is 594 g/mol. The van der Waals surface area contributed by atoms with E-state index in [0.717, 1.165) is 60.4 Å². The number of nitrogens with one attached hydrogen (secondary N) is 3. The predicted molar refractivity (Wildman–Crippen MR) is 178 cm³/mol. The van der Waals surface area contributed by atoms with E-state index in [-0.39, 0.29) is 0 Å². The number of thiocarbonyl (C=S) groups is 1. The van der Waals surface area contributed by atoms with Crippen LogP contribution >= 0.6 is 23.8 Å². The number of rotatable bonds is 5.